The van der Waals surface area contributed by atoms with Crippen molar-refractivity contribution in [3.8, 4) is 6.07 Å². The van der Waals surface area contributed by atoms with E-state index in [1.165, 1.54) is 18.1 Å². The molecule has 238 valence electrons. The van der Waals surface area contributed by atoms with Gasteiger partial charge in [-0.1, -0.05) is 18.2 Å². The number of piperidine rings is 1. The minimum absolute atomic E-state index is 0.0253. The van der Waals surface area contributed by atoms with E-state index in [4.69, 9.17) is 9.47 Å². The molecular weight excluding hydrogens is 586 g/mol. The average molecular weight is 623 g/mol. The summed E-state index contributed by atoms with van der Waals surface area (Å²) in [5, 5.41) is 12.1. The third-order valence-electron chi connectivity index (χ3n) is 8.88. The number of urea groups is 2. The maximum absolute atomic E-state index is 14.4. The van der Waals surface area contributed by atoms with Crippen LogP contribution >= 0.6 is 0 Å². The fourth-order valence-electron chi connectivity index (χ4n) is 6.52. The summed E-state index contributed by atoms with van der Waals surface area (Å²) in [6, 6.07) is 9.96. The molecule has 1 unspecified atom stereocenters. The number of anilines is 1. The summed E-state index contributed by atoms with van der Waals surface area (Å²) in [4.78, 5) is 47.5. The van der Waals surface area contributed by atoms with Gasteiger partial charge in [0.25, 0.3) is 0 Å². The fraction of sp³-hybridized carbons (Fsp3) is 0.438. The van der Waals surface area contributed by atoms with Crippen LogP contribution in [0.2, 0.25) is 0 Å². The molecule has 2 fully saturated rings. The number of rotatable bonds is 7. The summed E-state index contributed by atoms with van der Waals surface area (Å²) < 4.78 is 38.5. The van der Waals surface area contributed by atoms with Crippen LogP contribution in [0.4, 0.5) is 24.1 Å². The lowest BCUT2D eigenvalue weighted by Gasteiger charge is -2.40. The zero-order valence-corrected chi connectivity index (χ0v) is 25.5. The summed E-state index contributed by atoms with van der Waals surface area (Å²) in [6.45, 7) is 2.76. The molecule has 2 aromatic carbocycles. The molecule has 1 N–H and O–H groups in total. The van der Waals surface area contributed by atoms with Gasteiger partial charge in [-0.3, -0.25) is 4.90 Å². The van der Waals surface area contributed by atoms with E-state index in [1.54, 1.807) is 7.05 Å². The van der Waals surface area contributed by atoms with E-state index >= 15 is 0 Å². The highest BCUT2D eigenvalue weighted by atomic mass is 19.2. The molecule has 0 spiro atoms. The second kappa shape index (κ2) is 13.6. The Labute approximate surface area is 260 Å². The van der Waals surface area contributed by atoms with Crippen molar-refractivity contribution in [3.05, 3.63) is 76.5 Å². The number of ether oxygens (including phenoxy) is 2. The molecule has 3 heterocycles. The maximum atomic E-state index is 14.4. The normalized spacial score (nSPS) is 21.0. The second-order valence-electron chi connectivity index (χ2n) is 11.4. The first-order valence-corrected chi connectivity index (χ1v) is 14.8. The van der Waals surface area contributed by atoms with Crippen LogP contribution in [0.25, 0.3) is 0 Å². The van der Waals surface area contributed by atoms with Crippen LogP contribution < -0.4 is 10.2 Å². The van der Waals surface area contributed by atoms with Crippen LogP contribution in [0.5, 0.6) is 0 Å². The van der Waals surface area contributed by atoms with Gasteiger partial charge in [-0.25, -0.2) is 28.1 Å². The van der Waals surface area contributed by atoms with Crippen LogP contribution in [-0.2, 0) is 14.3 Å². The molecule has 3 aliphatic rings. The highest BCUT2D eigenvalue weighted by Crippen LogP contribution is 2.37. The van der Waals surface area contributed by atoms with Gasteiger partial charge in [0.15, 0.2) is 11.6 Å². The smallest absolute Gasteiger partial charge is 0.338 e. The topological polar surface area (TPSA) is 118 Å². The van der Waals surface area contributed by atoms with Gasteiger partial charge in [-0.05, 0) is 49.1 Å². The van der Waals surface area contributed by atoms with Crippen LogP contribution in [0, 0.1) is 23.0 Å². The Balaban J connectivity index is 1.34. The van der Waals surface area contributed by atoms with Gasteiger partial charge in [-0.2, -0.15) is 5.26 Å². The lowest BCUT2D eigenvalue weighted by atomic mass is 9.93. The number of hydrogen-bond donors (Lipinski definition) is 1. The Morgan fingerprint density at radius 1 is 1.07 bits per heavy atom. The molecule has 11 nitrogen and oxygen atoms in total. The molecule has 0 aromatic heterocycles. The summed E-state index contributed by atoms with van der Waals surface area (Å²) in [5.41, 5.74) is 1.56. The molecule has 5 rings (SSSR count). The first kappa shape index (κ1) is 31.9. The molecule has 2 atom stereocenters. The monoisotopic (exact) mass is 622 g/mol. The molecule has 2 aromatic rings. The van der Waals surface area contributed by atoms with Crippen molar-refractivity contribution >= 4 is 23.7 Å². The average Bonchev–Trinajstić information content (AvgIpc) is 3.55. The van der Waals surface area contributed by atoms with Crippen molar-refractivity contribution in [2.24, 2.45) is 0 Å². The largest absolute Gasteiger partial charge is 0.466 e. The third-order valence-corrected chi connectivity index (χ3v) is 8.88. The number of likely N-dealkylation sites (tertiary alicyclic amines) is 1. The molecule has 0 radical (unpaired) electrons. The fourth-order valence-corrected chi connectivity index (χ4v) is 6.52. The van der Waals surface area contributed by atoms with E-state index in [0.29, 0.717) is 24.6 Å². The first-order valence-electron chi connectivity index (χ1n) is 14.8. The number of nitriles is 1. The summed E-state index contributed by atoms with van der Waals surface area (Å²) in [5.74, 6) is -3.15. The van der Waals surface area contributed by atoms with Crippen LogP contribution in [0.1, 0.15) is 36.4 Å². The molecule has 0 saturated carbocycles. The number of carbonyl (C=O) groups is 3. The SMILES string of the molecule is COCC1=C(C(=O)OC)[C@H](c2ccc(F)c(F)c2)N(C(=O)N(C)C2CCN(C3CCN(c4ccccc4C#N)CC3)C2)C(=O)N1. The third kappa shape index (κ3) is 6.34. The van der Waals surface area contributed by atoms with Gasteiger partial charge in [-0.15, -0.1) is 0 Å². The molecule has 3 aliphatic heterocycles. The summed E-state index contributed by atoms with van der Waals surface area (Å²) in [6.07, 6.45) is 2.46. The molecule has 0 bridgehead atoms. The van der Waals surface area contributed by atoms with Crippen molar-refractivity contribution in [1.29, 1.82) is 5.26 Å². The Morgan fingerprint density at radius 3 is 2.47 bits per heavy atom. The number of imide groups is 1. The summed E-state index contributed by atoms with van der Waals surface area (Å²) in [7, 11) is 4.11. The van der Waals surface area contributed by atoms with Gasteiger partial charge in [0.2, 0.25) is 0 Å². The van der Waals surface area contributed by atoms with Crippen molar-refractivity contribution < 1.29 is 32.6 Å². The molecule has 13 heteroatoms. The number of halogens is 2. The number of nitrogens with one attached hydrogen (secondary N) is 1. The first-order chi connectivity index (χ1) is 21.7. The molecular formula is C32H36F2N6O5. The van der Waals surface area contributed by atoms with E-state index in [9.17, 15) is 28.4 Å². The number of benzene rings is 2. The number of hydrogen-bond acceptors (Lipinski definition) is 8. The number of amides is 4. The minimum atomic E-state index is -1.39. The Bertz CT molecular complexity index is 1540. The molecule has 0 aliphatic carbocycles. The van der Waals surface area contributed by atoms with Gasteiger partial charge < -0.3 is 24.6 Å². The van der Waals surface area contributed by atoms with Gasteiger partial charge in [0.1, 0.15) is 12.1 Å². The van der Waals surface area contributed by atoms with Crippen molar-refractivity contribution in [1.82, 2.24) is 20.0 Å². The van der Waals surface area contributed by atoms with Crippen LogP contribution in [0.3, 0.4) is 0 Å². The summed E-state index contributed by atoms with van der Waals surface area (Å²) >= 11 is 0. The van der Waals surface area contributed by atoms with Crippen LogP contribution in [-0.4, -0.2) is 98.9 Å². The molecule has 2 saturated heterocycles. The van der Waals surface area contributed by atoms with Gasteiger partial charge >= 0.3 is 18.0 Å². The Morgan fingerprint density at radius 2 is 1.80 bits per heavy atom. The highest BCUT2D eigenvalue weighted by Gasteiger charge is 2.45. The number of likely N-dealkylation sites (N-methyl/N-ethyl adjacent to an activating group) is 1. The molecule has 4 amide bonds. The number of carbonyl (C=O) groups excluding carboxylic acids is 3. The van der Waals surface area contributed by atoms with Gasteiger partial charge in [0.05, 0.1) is 36.2 Å². The number of esters is 1. The highest BCUT2D eigenvalue weighted by molar-refractivity contribution is 6.01. The Kier molecular flexibility index (Phi) is 9.65. The second-order valence-corrected chi connectivity index (χ2v) is 11.4. The van der Waals surface area contributed by atoms with Crippen molar-refractivity contribution in [3.63, 3.8) is 0 Å². The van der Waals surface area contributed by atoms with Crippen molar-refractivity contribution in [2.75, 3.05) is 59.0 Å². The molecule has 45 heavy (non-hydrogen) atoms. The number of para-hydroxylation sites is 1. The van der Waals surface area contributed by atoms with E-state index in [0.717, 1.165) is 62.3 Å². The predicted molar refractivity (Wildman–Crippen MR) is 160 cm³/mol. The van der Waals surface area contributed by atoms with Crippen LogP contribution in [0.15, 0.2) is 53.7 Å². The Hall–Kier alpha value is -4.54. The zero-order valence-electron chi connectivity index (χ0n) is 25.5. The maximum Gasteiger partial charge on any atom is 0.338 e. The number of nitrogens with zero attached hydrogens (tertiary/aromatic N) is 5. The van der Waals surface area contributed by atoms with E-state index < -0.39 is 35.7 Å². The predicted octanol–water partition coefficient (Wildman–Crippen LogP) is 3.77. The quantitative estimate of drug-likeness (QED) is 0.464. The van der Waals surface area contributed by atoms with Gasteiger partial charge in [0, 0.05) is 52.4 Å². The zero-order chi connectivity index (χ0) is 32.2. The van der Waals surface area contributed by atoms with E-state index in [-0.39, 0.29) is 29.5 Å². The van der Waals surface area contributed by atoms with E-state index in [2.05, 4.69) is 21.2 Å². The minimum Gasteiger partial charge on any atom is -0.466 e. The standard InChI is InChI=1S/C32H36F2N6O5/c1-37(23-12-15-39(18-23)22-10-13-38(14-11-22)27-7-5-4-6-21(27)17-35)32(43)40-29(20-8-9-24(33)25(34)16-20)28(30(41)45-3)26(19-44-2)36-31(40)42/h4-9,16,22-23,29H,10-15,18-19H2,1-3H3,(H,36,42)/t23?,29-/m0/s1. The lowest BCUT2D eigenvalue weighted by Crippen LogP contribution is -2.57. The van der Waals surface area contributed by atoms with Crippen molar-refractivity contribution in [2.45, 2.75) is 37.4 Å². The number of methoxy groups -OCH3 is 2. The van der Waals surface area contributed by atoms with E-state index in [1.807, 2.05) is 24.3 Å². The lowest BCUT2D eigenvalue weighted by molar-refractivity contribution is -0.137.